The topological polar surface area (TPSA) is 17.1 Å². The first-order valence-corrected chi connectivity index (χ1v) is 5.53. The van der Waals surface area contributed by atoms with Gasteiger partial charge in [0.1, 0.15) is 0 Å². The predicted octanol–water partition coefficient (Wildman–Crippen LogP) is 3.72. The summed E-state index contributed by atoms with van der Waals surface area (Å²) in [6, 6.07) is 0. The maximum Gasteiger partial charge on any atom is 0.449 e. The van der Waals surface area contributed by atoms with Crippen LogP contribution in [0.3, 0.4) is 0 Å². The molecule has 0 N–H and O–H groups in total. The molecular weight excluding hydrogens is 205 g/mol. The van der Waals surface area contributed by atoms with Crippen molar-refractivity contribution in [1.82, 2.24) is 0 Å². The van der Waals surface area contributed by atoms with Crippen molar-refractivity contribution in [1.29, 1.82) is 0 Å². The largest absolute Gasteiger partial charge is 0.449 e. The second-order valence-electron chi connectivity index (χ2n) is 4.42. The summed E-state index contributed by atoms with van der Waals surface area (Å²) in [6.45, 7) is 2.10. The summed E-state index contributed by atoms with van der Waals surface area (Å²) in [7, 11) is 0. The molecule has 0 spiro atoms. The van der Waals surface area contributed by atoms with Gasteiger partial charge in [-0.25, -0.2) is 0 Å². The predicted molar refractivity (Wildman–Crippen MR) is 51.4 cm³/mol. The third kappa shape index (κ3) is 3.84. The molecule has 0 bridgehead atoms. The molecule has 0 amide bonds. The van der Waals surface area contributed by atoms with Crippen LogP contribution in [0.5, 0.6) is 0 Å². The first-order chi connectivity index (χ1) is 6.93. The molecule has 0 radical (unpaired) electrons. The first-order valence-electron chi connectivity index (χ1n) is 5.53. The Labute approximate surface area is 88.0 Å². The molecule has 1 saturated carbocycles. The van der Waals surface area contributed by atoms with Crippen molar-refractivity contribution in [2.75, 3.05) is 0 Å². The second kappa shape index (κ2) is 4.99. The van der Waals surface area contributed by atoms with Gasteiger partial charge in [0.15, 0.2) is 0 Å². The molecule has 0 atom stereocenters. The van der Waals surface area contributed by atoms with Crippen molar-refractivity contribution in [3.8, 4) is 0 Å². The molecule has 1 nitrogen and oxygen atoms in total. The SMILES string of the molecule is CCC1CCC(CC(=O)C(F)(F)F)CC1. The average molecular weight is 222 g/mol. The number of hydrogen-bond donors (Lipinski definition) is 0. The molecule has 1 aliphatic rings. The summed E-state index contributed by atoms with van der Waals surface area (Å²) >= 11 is 0. The van der Waals surface area contributed by atoms with Crippen molar-refractivity contribution < 1.29 is 18.0 Å². The van der Waals surface area contributed by atoms with Crippen molar-refractivity contribution in [3.05, 3.63) is 0 Å². The van der Waals surface area contributed by atoms with Crippen molar-refractivity contribution >= 4 is 5.78 Å². The van der Waals surface area contributed by atoms with E-state index in [2.05, 4.69) is 6.92 Å². The molecule has 0 saturated heterocycles. The van der Waals surface area contributed by atoms with Crippen LogP contribution in [0.4, 0.5) is 13.2 Å². The highest BCUT2D eigenvalue weighted by Crippen LogP contribution is 2.34. The van der Waals surface area contributed by atoms with Crippen LogP contribution < -0.4 is 0 Å². The van der Waals surface area contributed by atoms with E-state index in [-0.39, 0.29) is 12.3 Å². The zero-order chi connectivity index (χ0) is 11.5. The Hall–Kier alpha value is -0.540. The summed E-state index contributed by atoms with van der Waals surface area (Å²) in [4.78, 5) is 10.8. The molecule has 0 aromatic carbocycles. The molecule has 1 rings (SSSR count). The Balaban J connectivity index is 2.33. The Kier molecular flexibility index (Phi) is 4.17. The highest BCUT2D eigenvalue weighted by molar-refractivity contribution is 5.84. The van der Waals surface area contributed by atoms with E-state index in [1.165, 1.54) is 0 Å². The lowest BCUT2D eigenvalue weighted by Crippen LogP contribution is -2.26. The lowest BCUT2D eigenvalue weighted by atomic mass is 9.79. The summed E-state index contributed by atoms with van der Waals surface area (Å²) in [5.74, 6) is -0.938. The van der Waals surface area contributed by atoms with Crippen LogP contribution in [0, 0.1) is 11.8 Å². The summed E-state index contributed by atoms with van der Waals surface area (Å²) in [5, 5.41) is 0. The maximum atomic E-state index is 12.0. The fraction of sp³-hybridized carbons (Fsp3) is 0.909. The molecule has 1 fully saturated rings. The molecular formula is C11H17F3O. The molecule has 0 aromatic heterocycles. The van der Waals surface area contributed by atoms with E-state index < -0.39 is 12.0 Å². The van der Waals surface area contributed by atoms with Gasteiger partial charge < -0.3 is 0 Å². The Morgan fingerprint density at radius 2 is 1.60 bits per heavy atom. The van der Waals surface area contributed by atoms with Crippen LogP contribution in [0.25, 0.3) is 0 Å². The molecule has 0 aliphatic heterocycles. The Morgan fingerprint density at radius 1 is 1.13 bits per heavy atom. The van der Waals surface area contributed by atoms with E-state index in [9.17, 15) is 18.0 Å². The van der Waals surface area contributed by atoms with Gasteiger partial charge in [-0.15, -0.1) is 0 Å². The molecule has 4 heteroatoms. The first kappa shape index (κ1) is 12.5. The number of halogens is 3. The number of carbonyl (C=O) groups is 1. The standard InChI is InChI=1S/C11H17F3O/c1-2-8-3-5-9(6-4-8)7-10(15)11(12,13)14/h8-9H,2-7H2,1H3. The van der Waals surface area contributed by atoms with Crippen molar-refractivity contribution in [2.45, 2.75) is 51.6 Å². The minimum atomic E-state index is -4.64. The van der Waals surface area contributed by atoms with E-state index in [1.54, 1.807) is 0 Å². The normalized spacial score (nSPS) is 27.7. The van der Waals surface area contributed by atoms with E-state index in [0.717, 1.165) is 32.1 Å². The van der Waals surface area contributed by atoms with Gasteiger partial charge in [0.2, 0.25) is 5.78 Å². The Bertz CT molecular complexity index is 214. The van der Waals surface area contributed by atoms with Crippen LogP contribution in [0.2, 0.25) is 0 Å². The van der Waals surface area contributed by atoms with Crippen LogP contribution in [-0.4, -0.2) is 12.0 Å². The third-order valence-corrected chi connectivity index (χ3v) is 3.33. The molecule has 88 valence electrons. The van der Waals surface area contributed by atoms with Gasteiger partial charge in [-0.2, -0.15) is 13.2 Å². The van der Waals surface area contributed by atoms with E-state index in [4.69, 9.17) is 0 Å². The average Bonchev–Trinajstić information content (AvgIpc) is 2.17. The van der Waals surface area contributed by atoms with Crippen LogP contribution in [0.15, 0.2) is 0 Å². The summed E-state index contributed by atoms with van der Waals surface area (Å²) in [5.41, 5.74) is 0. The number of hydrogen-bond acceptors (Lipinski definition) is 1. The number of Topliss-reactive ketones (excluding diaryl/α,β-unsaturated/α-hetero) is 1. The second-order valence-corrected chi connectivity index (χ2v) is 4.42. The zero-order valence-corrected chi connectivity index (χ0v) is 8.94. The molecule has 0 aromatic rings. The number of rotatable bonds is 3. The zero-order valence-electron chi connectivity index (χ0n) is 8.94. The lowest BCUT2D eigenvalue weighted by Gasteiger charge is -2.27. The minimum absolute atomic E-state index is 0.0399. The van der Waals surface area contributed by atoms with Gasteiger partial charge in [-0.3, -0.25) is 4.79 Å². The quantitative estimate of drug-likeness (QED) is 0.711. The fourth-order valence-electron chi connectivity index (χ4n) is 2.22. The molecule has 15 heavy (non-hydrogen) atoms. The van der Waals surface area contributed by atoms with E-state index >= 15 is 0 Å². The van der Waals surface area contributed by atoms with Gasteiger partial charge >= 0.3 is 6.18 Å². The summed E-state index contributed by atoms with van der Waals surface area (Å²) < 4.78 is 36.0. The lowest BCUT2D eigenvalue weighted by molar-refractivity contribution is -0.172. The maximum absolute atomic E-state index is 12.0. The fourth-order valence-corrected chi connectivity index (χ4v) is 2.22. The summed E-state index contributed by atoms with van der Waals surface area (Å²) in [6.07, 6.45) is -0.333. The minimum Gasteiger partial charge on any atom is -0.290 e. The molecule has 0 heterocycles. The van der Waals surface area contributed by atoms with Crippen LogP contribution in [0.1, 0.15) is 45.4 Å². The van der Waals surface area contributed by atoms with Gasteiger partial charge in [-0.1, -0.05) is 26.2 Å². The number of ketones is 1. The number of alkyl halides is 3. The van der Waals surface area contributed by atoms with E-state index in [1.807, 2.05) is 0 Å². The Morgan fingerprint density at radius 3 is 2.00 bits per heavy atom. The van der Waals surface area contributed by atoms with Crippen LogP contribution in [-0.2, 0) is 4.79 Å². The highest BCUT2D eigenvalue weighted by atomic mass is 19.4. The molecule has 0 unspecified atom stereocenters. The smallest absolute Gasteiger partial charge is 0.290 e. The van der Waals surface area contributed by atoms with Gasteiger partial charge in [-0.05, 0) is 24.7 Å². The van der Waals surface area contributed by atoms with Gasteiger partial charge in [0, 0.05) is 6.42 Å². The molecule has 1 aliphatic carbocycles. The van der Waals surface area contributed by atoms with Gasteiger partial charge in [0.05, 0.1) is 0 Å². The van der Waals surface area contributed by atoms with Crippen molar-refractivity contribution in [2.24, 2.45) is 11.8 Å². The van der Waals surface area contributed by atoms with Crippen LogP contribution >= 0.6 is 0 Å². The van der Waals surface area contributed by atoms with Gasteiger partial charge in [0.25, 0.3) is 0 Å². The third-order valence-electron chi connectivity index (χ3n) is 3.33. The monoisotopic (exact) mass is 222 g/mol. The van der Waals surface area contributed by atoms with E-state index in [0.29, 0.717) is 5.92 Å². The number of carbonyl (C=O) groups excluding carboxylic acids is 1. The van der Waals surface area contributed by atoms with Crippen molar-refractivity contribution in [3.63, 3.8) is 0 Å². The highest BCUT2D eigenvalue weighted by Gasteiger charge is 2.39.